The van der Waals surface area contributed by atoms with E-state index in [2.05, 4.69) is 10.1 Å². The number of nitrogens with one attached hydrogen (secondary N) is 1. The van der Waals surface area contributed by atoms with Gasteiger partial charge in [0.05, 0.1) is 19.1 Å². The van der Waals surface area contributed by atoms with Gasteiger partial charge < -0.3 is 15.8 Å². The van der Waals surface area contributed by atoms with E-state index in [0.29, 0.717) is 0 Å². The van der Waals surface area contributed by atoms with Crippen LogP contribution in [-0.2, 0) is 20.5 Å². The van der Waals surface area contributed by atoms with Gasteiger partial charge in [0.15, 0.2) is 0 Å². The van der Waals surface area contributed by atoms with E-state index in [0.717, 1.165) is 12.1 Å². The second-order valence-electron chi connectivity index (χ2n) is 4.22. The fourth-order valence-electron chi connectivity index (χ4n) is 1.56. The number of ether oxygens (including phenoxy) is 1. The molecule has 1 atom stereocenters. The molecule has 1 aromatic rings. The van der Waals surface area contributed by atoms with Gasteiger partial charge >= 0.3 is 12.1 Å². The molecule has 21 heavy (non-hydrogen) atoms. The number of carbonyl (C=O) groups is 2. The van der Waals surface area contributed by atoms with Crippen molar-refractivity contribution in [3.8, 4) is 0 Å². The Morgan fingerprint density at radius 1 is 1.38 bits per heavy atom. The molecule has 0 heterocycles. The lowest BCUT2D eigenvalue weighted by molar-refractivity contribution is -0.140. The Bertz CT molecular complexity index is 518. The molecular formula is C13H15F3N2O3. The summed E-state index contributed by atoms with van der Waals surface area (Å²) in [6, 6.07) is 2.99. The highest BCUT2D eigenvalue weighted by Gasteiger charge is 2.31. The lowest BCUT2D eigenvalue weighted by atomic mass is 10.0. The van der Waals surface area contributed by atoms with Crippen LogP contribution in [-0.4, -0.2) is 25.5 Å². The third-order valence-electron chi connectivity index (χ3n) is 2.71. The zero-order chi connectivity index (χ0) is 16.0. The molecule has 1 amide bonds. The SMILES string of the molecule is COC(=O)CCNC(=O)C(N)c1cccc(C(F)(F)F)c1. The van der Waals surface area contributed by atoms with Crippen LogP contribution in [0, 0.1) is 0 Å². The van der Waals surface area contributed by atoms with Crippen LogP contribution >= 0.6 is 0 Å². The molecule has 1 aromatic carbocycles. The van der Waals surface area contributed by atoms with Crippen molar-refractivity contribution in [3.05, 3.63) is 35.4 Å². The van der Waals surface area contributed by atoms with Crippen LogP contribution < -0.4 is 11.1 Å². The van der Waals surface area contributed by atoms with Gasteiger partial charge in [-0.05, 0) is 17.7 Å². The van der Waals surface area contributed by atoms with Crippen molar-refractivity contribution in [2.75, 3.05) is 13.7 Å². The number of rotatable bonds is 5. The molecule has 0 aliphatic rings. The van der Waals surface area contributed by atoms with Crippen LogP contribution in [0.2, 0.25) is 0 Å². The maximum Gasteiger partial charge on any atom is 0.416 e. The van der Waals surface area contributed by atoms with Crippen molar-refractivity contribution in [1.82, 2.24) is 5.32 Å². The fraction of sp³-hybridized carbons (Fsp3) is 0.385. The molecule has 0 aliphatic heterocycles. The number of benzene rings is 1. The Balaban J connectivity index is 2.68. The number of hydrogen-bond donors (Lipinski definition) is 2. The van der Waals surface area contributed by atoms with Gasteiger partial charge in [-0.3, -0.25) is 9.59 Å². The molecule has 0 saturated heterocycles. The molecule has 8 heteroatoms. The minimum absolute atomic E-state index is 0.00182. The highest BCUT2D eigenvalue weighted by atomic mass is 19.4. The quantitative estimate of drug-likeness (QED) is 0.805. The van der Waals surface area contributed by atoms with E-state index in [1.54, 1.807) is 0 Å². The minimum Gasteiger partial charge on any atom is -0.469 e. The predicted molar refractivity (Wildman–Crippen MR) is 68.0 cm³/mol. The molecular weight excluding hydrogens is 289 g/mol. The highest BCUT2D eigenvalue weighted by Crippen LogP contribution is 2.30. The Labute approximate surface area is 119 Å². The van der Waals surface area contributed by atoms with E-state index in [1.807, 2.05) is 0 Å². The largest absolute Gasteiger partial charge is 0.469 e. The molecule has 1 rings (SSSR count). The zero-order valence-electron chi connectivity index (χ0n) is 11.2. The van der Waals surface area contributed by atoms with Crippen LogP contribution in [0.4, 0.5) is 13.2 Å². The molecule has 1 unspecified atom stereocenters. The van der Waals surface area contributed by atoms with E-state index in [9.17, 15) is 22.8 Å². The van der Waals surface area contributed by atoms with Crippen LogP contribution in [0.3, 0.4) is 0 Å². The Morgan fingerprint density at radius 2 is 2.05 bits per heavy atom. The van der Waals surface area contributed by atoms with E-state index in [4.69, 9.17) is 5.73 Å². The first-order valence-electron chi connectivity index (χ1n) is 6.03. The highest BCUT2D eigenvalue weighted by molar-refractivity contribution is 5.83. The molecule has 0 saturated carbocycles. The average Bonchev–Trinajstić information content (AvgIpc) is 2.45. The molecule has 0 radical (unpaired) electrons. The fourth-order valence-corrected chi connectivity index (χ4v) is 1.56. The maximum atomic E-state index is 12.6. The Morgan fingerprint density at radius 3 is 2.62 bits per heavy atom. The number of alkyl halides is 3. The minimum atomic E-state index is -4.50. The lowest BCUT2D eigenvalue weighted by Crippen LogP contribution is -2.35. The number of hydrogen-bond acceptors (Lipinski definition) is 4. The first-order valence-corrected chi connectivity index (χ1v) is 6.03. The predicted octanol–water partition coefficient (Wildman–Crippen LogP) is 1.38. The number of carbonyl (C=O) groups excluding carboxylic acids is 2. The van der Waals surface area contributed by atoms with Crippen molar-refractivity contribution in [3.63, 3.8) is 0 Å². The number of esters is 1. The van der Waals surface area contributed by atoms with E-state index < -0.39 is 29.7 Å². The number of methoxy groups -OCH3 is 1. The standard InChI is InChI=1S/C13H15F3N2O3/c1-21-10(19)5-6-18-12(20)11(17)8-3-2-4-9(7-8)13(14,15)16/h2-4,7,11H,5-6,17H2,1H3,(H,18,20). The Kier molecular flexibility index (Phi) is 5.71. The molecule has 3 N–H and O–H groups in total. The number of halogens is 3. The molecule has 0 aliphatic carbocycles. The zero-order valence-corrected chi connectivity index (χ0v) is 11.2. The molecule has 0 bridgehead atoms. The maximum absolute atomic E-state index is 12.6. The summed E-state index contributed by atoms with van der Waals surface area (Å²) >= 11 is 0. The van der Waals surface area contributed by atoms with Gasteiger partial charge in [-0.25, -0.2) is 0 Å². The summed E-state index contributed by atoms with van der Waals surface area (Å²) in [6.45, 7) is -0.00182. The van der Waals surface area contributed by atoms with E-state index in [-0.39, 0.29) is 18.5 Å². The van der Waals surface area contributed by atoms with Crippen molar-refractivity contribution in [1.29, 1.82) is 0 Å². The number of nitrogens with two attached hydrogens (primary N) is 1. The van der Waals surface area contributed by atoms with Crippen LogP contribution in [0.15, 0.2) is 24.3 Å². The summed E-state index contributed by atoms with van der Waals surface area (Å²) in [5, 5.41) is 2.36. The molecule has 0 aromatic heterocycles. The van der Waals surface area contributed by atoms with E-state index in [1.165, 1.54) is 19.2 Å². The summed E-state index contributed by atoms with van der Waals surface area (Å²) in [7, 11) is 1.21. The topological polar surface area (TPSA) is 81.4 Å². The second-order valence-corrected chi connectivity index (χ2v) is 4.22. The van der Waals surface area contributed by atoms with Gasteiger partial charge in [0.2, 0.25) is 5.91 Å². The van der Waals surface area contributed by atoms with Crippen molar-refractivity contribution < 1.29 is 27.5 Å². The summed E-state index contributed by atoms with van der Waals surface area (Å²) in [5.74, 6) is -1.18. The normalized spacial score (nSPS) is 12.6. The van der Waals surface area contributed by atoms with E-state index >= 15 is 0 Å². The van der Waals surface area contributed by atoms with Crippen LogP contribution in [0.25, 0.3) is 0 Å². The molecule has 116 valence electrons. The van der Waals surface area contributed by atoms with Crippen LogP contribution in [0.5, 0.6) is 0 Å². The second kappa shape index (κ2) is 7.07. The monoisotopic (exact) mass is 304 g/mol. The molecule has 5 nitrogen and oxygen atoms in total. The van der Waals surface area contributed by atoms with Crippen molar-refractivity contribution >= 4 is 11.9 Å². The summed E-state index contributed by atoms with van der Waals surface area (Å²) in [4.78, 5) is 22.6. The molecule has 0 fully saturated rings. The lowest BCUT2D eigenvalue weighted by Gasteiger charge is -2.14. The van der Waals surface area contributed by atoms with Gasteiger partial charge in [-0.1, -0.05) is 12.1 Å². The first-order chi connectivity index (χ1) is 9.75. The van der Waals surface area contributed by atoms with Gasteiger partial charge in [-0.2, -0.15) is 13.2 Å². The van der Waals surface area contributed by atoms with Gasteiger partial charge in [0, 0.05) is 6.54 Å². The molecule has 0 spiro atoms. The van der Waals surface area contributed by atoms with Gasteiger partial charge in [0.1, 0.15) is 6.04 Å². The third-order valence-corrected chi connectivity index (χ3v) is 2.71. The van der Waals surface area contributed by atoms with Crippen LogP contribution in [0.1, 0.15) is 23.6 Å². The van der Waals surface area contributed by atoms with Gasteiger partial charge in [0.25, 0.3) is 0 Å². The van der Waals surface area contributed by atoms with Crippen molar-refractivity contribution in [2.24, 2.45) is 5.73 Å². The van der Waals surface area contributed by atoms with Crippen molar-refractivity contribution in [2.45, 2.75) is 18.6 Å². The number of amides is 1. The third kappa shape index (κ3) is 5.07. The smallest absolute Gasteiger partial charge is 0.416 e. The van der Waals surface area contributed by atoms with Gasteiger partial charge in [-0.15, -0.1) is 0 Å². The Hall–Kier alpha value is -2.09. The summed E-state index contributed by atoms with van der Waals surface area (Å²) in [5.41, 5.74) is 4.77. The average molecular weight is 304 g/mol. The summed E-state index contributed by atoms with van der Waals surface area (Å²) < 4.78 is 42.1. The first kappa shape index (κ1) is 17.0. The summed E-state index contributed by atoms with van der Waals surface area (Å²) in [6.07, 6.45) is -4.55.